The number of nitrogens with one attached hydrogen (secondary N) is 2. The van der Waals surface area contributed by atoms with Crippen LogP contribution in [0.1, 0.15) is 36.6 Å². The number of carbonyl (C=O) groups excluding carboxylic acids is 1. The van der Waals surface area contributed by atoms with Crippen molar-refractivity contribution in [2.75, 3.05) is 24.3 Å². The largest absolute Gasteiger partial charge is 0.378 e. The fourth-order valence-electron chi connectivity index (χ4n) is 3.84. The van der Waals surface area contributed by atoms with Gasteiger partial charge in [-0.25, -0.2) is 4.68 Å². The molecule has 7 nitrogen and oxygen atoms in total. The highest BCUT2D eigenvalue weighted by Crippen LogP contribution is 2.38. The highest BCUT2D eigenvalue weighted by atomic mass is 16.1. The lowest BCUT2D eigenvalue weighted by atomic mass is 9.87. The number of nitrogens with zero attached hydrogens (tertiary/aromatic N) is 4. The Bertz CT molecular complexity index is 966. The predicted octanol–water partition coefficient (Wildman–Crippen LogP) is 3.00. The number of rotatable bonds is 5. The van der Waals surface area contributed by atoms with Crippen molar-refractivity contribution in [3.8, 4) is 0 Å². The van der Waals surface area contributed by atoms with Gasteiger partial charge in [-0.2, -0.15) is 10.1 Å². The Balaban J connectivity index is 1.80. The standard InChI is InChI=1S/C22H26N6O/c1-4-18(29)25-20-19(15-10-12-17(13-11-15)27(2)3)26-22-23-14-24-28(22)21(20)16-8-6-5-7-9-16/h5-14,19-21H,4H2,1-3H3,(H,25,29)(H,23,24,26)/t19-,20+,21+/m0/s1. The number of amides is 1. The second-order valence-electron chi connectivity index (χ2n) is 7.44. The Kier molecular flexibility index (Phi) is 5.20. The topological polar surface area (TPSA) is 75.1 Å². The number of hydrogen-bond acceptors (Lipinski definition) is 5. The van der Waals surface area contributed by atoms with Gasteiger partial charge in [-0.3, -0.25) is 4.79 Å². The molecule has 0 radical (unpaired) electrons. The van der Waals surface area contributed by atoms with E-state index in [-0.39, 0.29) is 24.0 Å². The number of benzene rings is 2. The molecule has 1 aliphatic rings. The van der Waals surface area contributed by atoms with Crippen LogP contribution in [0, 0.1) is 0 Å². The van der Waals surface area contributed by atoms with Crippen LogP contribution in [0.5, 0.6) is 0 Å². The SMILES string of the molecule is CCC(=O)N[C@H]1[C@@H](c2ccccc2)n2ncnc2N[C@H]1c1ccc(N(C)C)cc1. The zero-order chi connectivity index (χ0) is 20.4. The molecule has 1 aromatic heterocycles. The van der Waals surface area contributed by atoms with E-state index in [9.17, 15) is 4.79 Å². The van der Waals surface area contributed by atoms with Gasteiger partial charge in [-0.05, 0) is 23.3 Å². The van der Waals surface area contributed by atoms with Gasteiger partial charge in [-0.1, -0.05) is 49.4 Å². The third-order valence-corrected chi connectivity index (χ3v) is 5.38. The zero-order valence-corrected chi connectivity index (χ0v) is 16.9. The molecular weight excluding hydrogens is 364 g/mol. The van der Waals surface area contributed by atoms with E-state index in [4.69, 9.17) is 0 Å². The fourth-order valence-corrected chi connectivity index (χ4v) is 3.84. The molecule has 2 heterocycles. The minimum atomic E-state index is -0.218. The van der Waals surface area contributed by atoms with Crippen molar-refractivity contribution in [1.82, 2.24) is 20.1 Å². The summed E-state index contributed by atoms with van der Waals surface area (Å²) in [6.45, 7) is 1.87. The molecule has 0 bridgehead atoms. The molecule has 0 aliphatic carbocycles. The summed E-state index contributed by atoms with van der Waals surface area (Å²) in [5.41, 5.74) is 3.30. The first-order chi connectivity index (χ1) is 14.1. The average molecular weight is 390 g/mol. The molecule has 29 heavy (non-hydrogen) atoms. The smallest absolute Gasteiger partial charge is 0.222 e. The van der Waals surface area contributed by atoms with E-state index in [1.165, 1.54) is 0 Å². The average Bonchev–Trinajstić information content (AvgIpc) is 3.22. The third-order valence-electron chi connectivity index (χ3n) is 5.38. The van der Waals surface area contributed by atoms with E-state index in [0.29, 0.717) is 12.4 Å². The number of anilines is 2. The molecule has 2 aromatic carbocycles. The number of fused-ring (bicyclic) bond motifs is 1. The minimum Gasteiger partial charge on any atom is -0.378 e. The van der Waals surface area contributed by atoms with E-state index in [0.717, 1.165) is 16.8 Å². The quantitative estimate of drug-likeness (QED) is 0.701. The first-order valence-electron chi connectivity index (χ1n) is 9.86. The van der Waals surface area contributed by atoms with Crippen molar-refractivity contribution in [1.29, 1.82) is 0 Å². The molecule has 0 unspecified atom stereocenters. The van der Waals surface area contributed by atoms with Crippen LogP contribution in [-0.4, -0.2) is 40.8 Å². The molecule has 1 aliphatic heterocycles. The van der Waals surface area contributed by atoms with Crippen molar-refractivity contribution in [3.05, 3.63) is 72.1 Å². The lowest BCUT2D eigenvalue weighted by molar-refractivity contribution is -0.121. The molecule has 7 heteroatoms. The van der Waals surface area contributed by atoms with Crippen LogP contribution in [0.25, 0.3) is 0 Å². The molecule has 0 saturated carbocycles. The summed E-state index contributed by atoms with van der Waals surface area (Å²) in [4.78, 5) is 18.9. The lowest BCUT2D eigenvalue weighted by Gasteiger charge is -2.40. The summed E-state index contributed by atoms with van der Waals surface area (Å²) in [6, 6.07) is 18.0. The van der Waals surface area contributed by atoms with Gasteiger partial charge in [-0.15, -0.1) is 0 Å². The van der Waals surface area contributed by atoms with Gasteiger partial charge in [0.05, 0.1) is 12.1 Å². The van der Waals surface area contributed by atoms with Crippen molar-refractivity contribution >= 4 is 17.5 Å². The maximum absolute atomic E-state index is 12.4. The Morgan fingerprint density at radius 2 is 1.83 bits per heavy atom. The monoisotopic (exact) mass is 390 g/mol. The number of hydrogen-bond donors (Lipinski definition) is 2. The van der Waals surface area contributed by atoms with Crippen molar-refractivity contribution < 1.29 is 4.79 Å². The van der Waals surface area contributed by atoms with Crippen LogP contribution in [0.3, 0.4) is 0 Å². The zero-order valence-electron chi connectivity index (χ0n) is 16.9. The van der Waals surface area contributed by atoms with Gasteiger partial charge >= 0.3 is 0 Å². The van der Waals surface area contributed by atoms with Crippen LogP contribution in [0.2, 0.25) is 0 Å². The normalized spacial score (nSPS) is 20.4. The molecule has 0 spiro atoms. The van der Waals surface area contributed by atoms with Gasteiger partial charge in [0.2, 0.25) is 11.9 Å². The van der Waals surface area contributed by atoms with Crippen molar-refractivity contribution in [2.24, 2.45) is 0 Å². The van der Waals surface area contributed by atoms with Gasteiger partial charge in [0.1, 0.15) is 12.4 Å². The second-order valence-corrected chi connectivity index (χ2v) is 7.44. The molecule has 1 amide bonds. The van der Waals surface area contributed by atoms with E-state index >= 15 is 0 Å². The van der Waals surface area contributed by atoms with Crippen LogP contribution in [0.15, 0.2) is 60.9 Å². The Morgan fingerprint density at radius 1 is 1.10 bits per heavy atom. The summed E-state index contributed by atoms with van der Waals surface area (Å²) >= 11 is 0. The van der Waals surface area contributed by atoms with Gasteiger partial charge < -0.3 is 15.5 Å². The molecule has 0 saturated heterocycles. The maximum Gasteiger partial charge on any atom is 0.222 e. The van der Waals surface area contributed by atoms with Crippen LogP contribution in [0.4, 0.5) is 11.6 Å². The van der Waals surface area contributed by atoms with Crippen LogP contribution < -0.4 is 15.5 Å². The van der Waals surface area contributed by atoms with Crippen molar-refractivity contribution in [3.63, 3.8) is 0 Å². The Hall–Kier alpha value is -3.35. The summed E-state index contributed by atoms with van der Waals surface area (Å²) in [6.07, 6.45) is 1.98. The number of carbonyl (C=O) groups is 1. The van der Waals surface area contributed by atoms with Gasteiger partial charge in [0.15, 0.2) is 0 Å². The summed E-state index contributed by atoms with van der Waals surface area (Å²) in [5, 5.41) is 11.2. The Morgan fingerprint density at radius 3 is 2.48 bits per heavy atom. The van der Waals surface area contributed by atoms with E-state index in [1.807, 2.05) is 43.9 Å². The van der Waals surface area contributed by atoms with E-state index in [1.54, 1.807) is 6.33 Å². The highest BCUT2D eigenvalue weighted by Gasteiger charge is 2.40. The molecule has 2 N–H and O–H groups in total. The minimum absolute atomic E-state index is 0.0104. The maximum atomic E-state index is 12.4. The first-order valence-corrected chi connectivity index (χ1v) is 9.86. The highest BCUT2D eigenvalue weighted by molar-refractivity contribution is 5.76. The molecule has 150 valence electrons. The van der Waals surface area contributed by atoms with Crippen molar-refractivity contribution in [2.45, 2.75) is 31.5 Å². The van der Waals surface area contributed by atoms with E-state index in [2.05, 4.69) is 62.0 Å². The van der Waals surface area contributed by atoms with E-state index < -0.39 is 0 Å². The summed E-state index contributed by atoms with van der Waals surface area (Å²) in [7, 11) is 4.04. The molecule has 0 fully saturated rings. The molecule has 4 rings (SSSR count). The number of aromatic nitrogens is 3. The fraction of sp³-hybridized carbons (Fsp3) is 0.318. The third kappa shape index (κ3) is 3.68. The molecular formula is C22H26N6O. The molecule has 3 aromatic rings. The summed E-state index contributed by atoms with van der Waals surface area (Å²) < 4.78 is 1.86. The van der Waals surface area contributed by atoms with Crippen LogP contribution in [-0.2, 0) is 4.79 Å². The molecule has 3 atom stereocenters. The predicted molar refractivity (Wildman–Crippen MR) is 114 cm³/mol. The first kappa shape index (κ1) is 19.0. The second kappa shape index (κ2) is 7.95. The van der Waals surface area contributed by atoms with Gasteiger partial charge in [0, 0.05) is 26.2 Å². The summed E-state index contributed by atoms with van der Waals surface area (Å²) in [5.74, 6) is 0.707. The van der Waals surface area contributed by atoms with Gasteiger partial charge in [0.25, 0.3) is 0 Å². The van der Waals surface area contributed by atoms with Crippen LogP contribution >= 0.6 is 0 Å². The Labute approximate surface area is 170 Å². The lowest BCUT2D eigenvalue weighted by Crippen LogP contribution is -2.51.